The lowest BCUT2D eigenvalue weighted by atomic mass is 10.1. The molecule has 7 heteroatoms. The standard InChI is InChI=1S/2C8H11N.H2O4S/c2*1-6-4-3-5-8(9)7(6)2;1-5(2,3)4/h2*3-5H,9H2,1-2H3;(H2,1,2,3,4). The summed E-state index contributed by atoms with van der Waals surface area (Å²) < 4.78 is 34.1. The van der Waals surface area contributed by atoms with Crippen molar-refractivity contribution in [3.63, 3.8) is 0 Å². The fraction of sp³-hybridized carbons (Fsp3) is 0.250. The minimum absolute atomic E-state index is 1.13. The van der Waals surface area contributed by atoms with Crippen molar-refractivity contribution in [2.75, 3.05) is 0 Å². The quantitative estimate of drug-likeness (QED) is 0.546. The first-order valence-corrected chi connectivity index (χ1v) is 8.20. The Kier molecular flexibility index (Phi) is 8.66. The first kappa shape index (κ1) is 21.2. The van der Waals surface area contributed by atoms with Gasteiger partial charge >= 0.3 is 0 Å². The molecular weight excluding hydrogens is 316 g/mol. The zero-order valence-electron chi connectivity index (χ0n) is 13.9. The Morgan fingerprint density at radius 3 is 1.17 bits per heavy atom. The van der Waals surface area contributed by atoms with E-state index in [1.54, 1.807) is 0 Å². The van der Waals surface area contributed by atoms with Gasteiger partial charge in [-0.25, -0.2) is 0 Å². The van der Waals surface area contributed by atoms with Gasteiger partial charge in [0.2, 0.25) is 0 Å². The third-order valence-electron chi connectivity index (χ3n) is 3.43. The smallest absolute Gasteiger partial charge is 0.131 e. The van der Waals surface area contributed by atoms with Gasteiger partial charge in [0.25, 0.3) is 0 Å². The van der Waals surface area contributed by atoms with Crippen LogP contribution in [0.25, 0.3) is 0 Å². The van der Waals surface area contributed by atoms with E-state index in [4.69, 9.17) is 17.5 Å². The van der Waals surface area contributed by atoms with E-state index in [9.17, 15) is 0 Å². The van der Waals surface area contributed by atoms with Gasteiger partial charge in [-0.3, -0.25) is 8.42 Å². The van der Waals surface area contributed by atoms with Gasteiger partial charge in [-0.05, 0) is 51.0 Å². The molecule has 0 saturated heterocycles. The summed E-state index contributed by atoms with van der Waals surface area (Å²) in [7, 11) is -5.17. The molecule has 0 heterocycles. The Hall–Kier alpha value is -1.77. The van der Waals surface area contributed by atoms with E-state index >= 15 is 0 Å². The lowest BCUT2D eigenvalue weighted by Crippen LogP contribution is -2.41. The molecule has 0 aliphatic heterocycles. The molecular formula is C16H24N2O4S. The topological polar surface area (TPSA) is 136 Å². The second-order valence-electron chi connectivity index (χ2n) is 5.13. The zero-order chi connectivity index (χ0) is 18.2. The fourth-order valence-corrected chi connectivity index (χ4v) is 1.62. The van der Waals surface area contributed by atoms with Crippen LogP contribution in [0.2, 0.25) is 0 Å². The van der Waals surface area contributed by atoms with Crippen LogP contribution in [-0.2, 0) is 10.4 Å². The highest BCUT2D eigenvalue weighted by Gasteiger charge is 1.97. The predicted octanol–water partition coefficient (Wildman–Crippen LogP) is 1.02. The highest BCUT2D eigenvalue weighted by Crippen LogP contribution is 2.12. The molecule has 2 aromatic rings. The van der Waals surface area contributed by atoms with E-state index in [0.29, 0.717) is 0 Å². The summed E-state index contributed by atoms with van der Waals surface area (Å²) in [5, 5.41) is 0. The highest BCUT2D eigenvalue weighted by atomic mass is 32.3. The number of hydrogen-bond donors (Lipinski definition) is 2. The van der Waals surface area contributed by atoms with Gasteiger partial charge in [-0.15, -0.1) is 0 Å². The molecule has 2 aromatic carbocycles. The first-order valence-electron chi connectivity index (χ1n) is 6.86. The predicted molar refractivity (Wildman–Crippen MR) is 87.4 cm³/mol. The van der Waals surface area contributed by atoms with Crippen molar-refractivity contribution in [1.29, 1.82) is 0 Å². The lowest BCUT2D eigenvalue weighted by molar-refractivity contribution is -0.256. The molecule has 0 fully saturated rings. The van der Waals surface area contributed by atoms with Gasteiger partial charge in [0.05, 0.1) is 0 Å². The third kappa shape index (κ3) is 9.77. The first-order chi connectivity index (χ1) is 10.4. The second kappa shape index (κ2) is 9.39. The Morgan fingerprint density at radius 2 is 1.00 bits per heavy atom. The molecule has 0 unspecified atom stereocenters. The van der Waals surface area contributed by atoms with Crippen LogP contribution in [0.5, 0.6) is 0 Å². The summed E-state index contributed by atoms with van der Waals surface area (Å²) >= 11 is 0. The van der Waals surface area contributed by atoms with Crippen molar-refractivity contribution in [2.45, 2.75) is 27.7 Å². The molecule has 0 saturated carbocycles. The maximum Gasteiger partial charge on any atom is 0.131 e. The van der Waals surface area contributed by atoms with Gasteiger partial charge < -0.3 is 20.6 Å². The zero-order valence-corrected chi connectivity index (χ0v) is 14.7. The van der Waals surface area contributed by atoms with Crippen LogP contribution < -0.4 is 11.5 Å². The van der Waals surface area contributed by atoms with Crippen molar-refractivity contribution in [1.82, 2.24) is 0 Å². The molecule has 0 radical (unpaired) electrons. The van der Waals surface area contributed by atoms with Crippen molar-refractivity contribution in [3.05, 3.63) is 58.7 Å². The van der Waals surface area contributed by atoms with E-state index in [1.807, 2.05) is 24.3 Å². The van der Waals surface area contributed by atoms with Crippen LogP contribution in [0.3, 0.4) is 0 Å². The second-order valence-corrected chi connectivity index (χ2v) is 5.94. The normalized spacial score (nSPS) is 10.1. The van der Waals surface area contributed by atoms with Crippen LogP contribution in [0.1, 0.15) is 22.3 Å². The molecule has 0 aromatic heterocycles. The van der Waals surface area contributed by atoms with Gasteiger partial charge in [0.1, 0.15) is 11.4 Å². The molecule has 0 amide bonds. The lowest BCUT2D eigenvalue weighted by Gasteiger charge is -2.06. The molecule has 128 valence electrons. The van der Waals surface area contributed by atoms with E-state index in [1.165, 1.54) is 22.3 Å². The highest BCUT2D eigenvalue weighted by molar-refractivity contribution is 7.79. The SMILES string of the molecule is Cc1cccc([NH3+])c1C.Cc1cccc([NH3+])c1C.O=S(=O)([O-])[O-]. The van der Waals surface area contributed by atoms with Crippen LogP contribution in [0.4, 0.5) is 11.4 Å². The summed E-state index contributed by atoms with van der Waals surface area (Å²) in [5.74, 6) is 0. The van der Waals surface area contributed by atoms with Gasteiger partial charge in [0, 0.05) is 21.5 Å². The van der Waals surface area contributed by atoms with E-state index in [0.717, 1.165) is 11.4 Å². The Morgan fingerprint density at radius 1 is 0.739 bits per heavy atom. The number of hydrogen-bond acceptors (Lipinski definition) is 4. The van der Waals surface area contributed by atoms with Crippen molar-refractivity contribution in [3.8, 4) is 0 Å². The van der Waals surface area contributed by atoms with Gasteiger partial charge in [0.15, 0.2) is 0 Å². The monoisotopic (exact) mass is 340 g/mol. The molecule has 0 spiro atoms. The fourth-order valence-electron chi connectivity index (χ4n) is 1.62. The Bertz CT molecular complexity index is 646. The Balaban J connectivity index is 0.000000332. The minimum Gasteiger partial charge on any atom is -0.759 e. The molecule has 6 nitrogen and oxygen atoms in total. The molecule has 0 aliphatic carbocycles. The number of quaternary nitrogens is 2. The molecule has 2 rings (SSSR count). The van der Waals surface area contributed by atoms with Gasteiger partial charge in [-0.2, -0.15) is 0 Å². The van der Waals surface area contributed by atoms with E-state index in [2.05, 4.69) is 51.3 Å². The maximum atomic E-state index is 8.52. The van der Waals surface area contributed by atoms with Crippen LogP contribution in [0, 0.1) is 27.7 Å². The Labute approximate surface area is 137 Å². The van der Waals surface area contributed by atoms with Crippen LogP contribution >= 0.6 is 0 Å². The largest absolute Gasteiger partial charge is 0.759 e. The van der Waals surface area contributed by atoms with Crippen LogP contribution in [-0.4, -0.2) is 17.5 Å². The molecule has 6 N–H and O–H groups in total. The third-order valence-corrected chi connectivity index (χ3v) is 3.43. The van der Waals surface area contributed by atoms with Gasteiger partial charge in [-0.1, -0.05) is 24.3 Å². The molecule has 23 heavy (non-hydrogen) atoms. The average Bonchev–Trinajstić information content (AvgIpc) is 2.41. The molecule has 0 bridgehead atoms. The summed E-state index contributed by atoms with van der Waals surface area (Å²) in [6, 6.07) is 12.3. The minimum atomic E-state index is -5.17. The number of benzene rings is 2. The number of aryl methyl sites for hydroxylation is 2. The van der Waals surface area contributed by atoms with E-state index in [-0.39, 0.29) is 0 Å². The molecule has 0 atom stereocenters. The number of rotatable bonds is 0. The maximum absolute atomic E-state index is 8.52. The van der Waals surface area contributed by atoms with Crippen molar-refractivity contribution in [2.24, 2.45) is 0 Å². The van der Waals surface area contributed by atoms with Crippen molar-refractivity contribution >= 4 is 21.8 Å². The van der Waals surface area contributed by atoms with Crippen LogP contribution in [0.15, 0.2) is 36.4 Å². The van der Waals surface area contributed by atoms with Crippen molar-refractivity contribution < 1.29 is 29.0 Å². The summed E-state index contributed by atoms with van der Waals surface area (Å²) in [6.07, 6.45) is 0. The molecule has 0 aliphatic rings. The summed E-state index contributed by atoms with van der Waals surface area (Å²) in [5.41, 5.74) is 15.3. The average molecular weight is 340 g/mol. The summed E-state index contributed by atoms with van der Waals surface area (Å²) in [6.45, 7) is 8.39. The van der Waals surface area contributed by atoms with E-state index < -0.39 is 10.4 Å². The summed E-state index contributed by atoms with van der Waals surface area (Å²) in [4.78, 5) is 0.